The first kappa shape index (κ1) is 21.9. The van der Waals surface area contributed by atoms with Crippen LogP contribution in [0.4, 0.5) is 5.69 Å². The fourth-order valence-electron chi connectivity index (χ4n) is 3.02. The average Bonchev–Trinajstić information content (AvgIpc) is 3.41. The van der Waals surface area contributed by atoms with Crippen LogP contribution in [0.5, 0.6) is 0 Å². The zero-order valence-corrected chi connectivity index (χ0v) is 19.2. The fourth-order valence-corrected chi connectivity index (χ4v) is 4.76. The lowest BCUT2D eigenvalue weighted by Gasteiger charge is -2.07. The SMILES string of the molecule is C=CCn1c(SCc2csc(CC(=O)Nc3ccc(C)cc3)n2)nnc1-c1ccncc1. The minimum atomic E-state index is -0.0740. The number of hydrogen-bond donors (Lipinski definition) is 1. The zero-order chi connectivity index (χ0) is 22.3. The molecular formula is C23H22N6OS2. The summed E-state index contributed by atoms with van der Waals surface area (Å²) in [5, 5.41) is 15.2. The van der Waals surface area contributed by atoms with E-state index in [9.17, 15) is 4.79 Å². The van der Waals surface area contributed by atoms with Gasteiger partial charge in [-0.25, -0.2) is 4.98 Å². The van der Waals surface area contributed by atoms with Gasteiger partial charge in [-0.3, -0.25) is 14.3 Å². The zero-order valence-electron chi connectivity index (χ0n) is 17.6. The summed E-state index contributed by atoms with van der Waals surface area (Å²) in [7, 11) is 0. The molecule has 1 aromatic carbocycles. The van der Waals surface area contributed by atoms with E-state index in [1.54, 1.807) is 24.2 Å². The second-order valence-corrected chi connectivity index (χ2v) is 8.94. The Bertz CT molecular complexity index is 1200. The van der Waals surface area contributed by atoms with Crippen molar-refractivity contribution >= 4 is 34.7 Å². The summed E-state index contributed by atoms with van der Waals surface area (Å²) in [5.41, 5.74) is 3.81. The molecule has 0 aliphatic rings. The van der Waals surface area contributed by atoms with Crippen molar-refractivity contribution in [2.75, 3.05) is 5.32 Å². The van der Waals surface area contributed by atoms with E-state index in [0.717, 1.165) is 38.5 Å². The molecule has 3 aromatic heterocycles. The van der Waals surface area contributed by atoms with Crippen molar-refractivity contribution in [2.24, 2.45) is 0 Å². The predicted molar refractivity (Wildman–Crippen MR) is 129 cm³/mol. The minimum absolute atomic E-state index is 0.0740. The van der Waals surface area contributed by atoms with Crippen LogP contribution >= 0.6 is 23.1 Å². The second kappa shape index (κ2) is 10.3. The molecule has 1 N–H and O–H groups in total. The number of anilines is 1. The Morgan fingerprint density at radius 1 is 1.19 bits per heavy atom. The molecule has 0 aliphatic heterocycles. The third-order valence-corrected chi connectivity index (χ3v) is 6.46. The van der Waals surface area contributed by atoms with Crippen LogP contribution in [-0.4, -0.2) is 30.6 Å². The Hall–Kier alpha value is -3.30. The van der Waals surface area contributed by atoms with Gasteiger partial charge < -0.3 is 5.32 Å². The smallest absolute Gasteiger partial charge is 0.231 e. The number of thiazole rings is 1. The van der Waals surface area contributed by atoms with Gasteiger partial charge in [0.2, 0.25) is 5.91 Å². The van der Waals surface area contributed by atoms with E-state index in [4.69, 9.17) is 0 Å². The molecule has 3 heterocycles. The summed E-state index contributed by atoms with van der Waals surface area (Å²) in [6.45, 7) is 6.47. The molecule has 0 saturated heterocycles. The Balaban J connectivity index is 1.38. The fraction of sp³-hybridized carbons (Fsp3) is 0.174. The lowest BCUT2D eigenvalue weighted by atomic mass is 10.2. The maximum atomic E-state index is 12.3. The first-order chi connectivity index (χ1) is 15.6. The summed E-state index contributed by atoms with van der Waals surface area (Å²) < 4.78 is 2.02. The number of nitrogens with zero attached hydrogens (tertiary/aromatic N) is 5. The van der Waals surface area contributed by atoms with Crippen molar-refractivity contribution in [1.82, 2.24) is 24.7 Å². The van der Waals surface area contributed by atoms with Gasteiger partial charge in [-0.1, -0.05) is 35.5 Å². The van der Waals surface area contributed by atoms with Crippen LogP contribution in [0.3, 0.4) is 0 Å². The van der Waals surface area contributed by atoms with Crippen molar-refractivity contribution in [2.45, 2.75) is 30.8 Å². The molecule has 4 rings (SSSR count). The van der Waals surface area contributed by atoms with E-state index in [1.807, 2.05) is 59.3 Å². The molecule has 32 heavy (non-hydrogen) atoms. The van der Waals surface area contributed by atoms with Gasteiger partial charge in [0, 0.05) is 41.3 Å². The number of hydrogen-bond acceptors (Lipinski definition) is 7. The number of thioether (sulfide) groups is 1. The van der Waals surface area contributed by atoms with Crippen LogP contribution in [0.1, 0.15) is 16.3 Å². The van der Waals surface area contributed by atoms with E-state index in [2.05, 4.69) is 32.1 Å². The molecule has 0 unspecified atom stereocenters. The summed E-state index contributed by atoms with van der Waals surface area (Å²) >= 11 is 3.05. The third kappa shape index (κ3) is 5.49. The number of carbonyl (C=O) groups is 1. The predicted octanol–water partition coefficient (Wildman–Crippen LogP) is 4.76. The maximum absolute atomic E-state index is 12.3. The number of allylic oxidation sites excluding steroid dienone is 1. The quantitative estimate of drug-likeness (QED) is 0.285. The number of amides is 1. The number of benzene rings is 1. The van der Waals surface area contributed by atoms with Crippen LogP contribution in [0.2, 0.25) is 0 Å². The van der Waals surface area contributed by atoms with Crippen molar-refractivity contribution in [1.29, 1.82) is 0 Å². The van der Waals surface area contributed by atoms with Crippen LogP contribution in [0, 0.1) is 6.92 Å². The van der Waals surface area contributed by atoms with Gasteiger partial charge in [0.25, 0.3) is 0 Å². The van der Waals surface area contributed by atoms with Gasteiger partial charge in [-0.15, -0.1) is 28.1 Å². The van der Waals surface area contributed by atoms with E-state index in [0.29, 0.717) is 12.3 Å². The van der Waals surface area contributed by atoms with E-state index >= 15 is 0 Å². The molecule has 9 heteroatoms. The van der Waals surface area contributed by atoms with Gasteiger partial charge in [0.15, 0.2) is 11.0 Å². The molecular weight excluding hydrogens is 440 g/mol. The van der Waals surface area contributed by atoms with Crippen molar-refractivity contribution < 1.29 is 4.79 Å². The van der Waals surface area contributed by atoms with Crippen LogP contribution in [0.25, 0.3) is 11.4 Å². The summed E-state index contributed by atoms with van der Waals surface area (Å²) in [5.74, 6) is 1.35. The highest BCUT2D eigenvalue weighted by Gasteiger charge is 2.15. The Morgan fingerprint density at radius 2 is 1.97 bits per heavy atom. The van der Waals surface area contributed by atoms with E-state index in [1.165, 1.54) is 11.3 Å². The van der Waals surface area contributed by atoms with Gasteiger partial charge in [0.1, 0.15) is 5.01 Å². The molecule has 0 aliphatic carbocycles. The van der Waals surface area contributed by atoms with Gasteiger partial charge in [0.05, 0.1) is 12.1 Å². The molecule has 0 atom stereocenters. The van der Waals surface area contributed by atoms with Gasteiger partial charge in [-0.05, 0) is 31.2 Å². The topological polar surface area (TPSA) is 85.6 Å². The number of aromatic nitrogens is 5. The summed E-state index contributed by atoms with van der Waals surface area (Å²) in [6.07, 6.45) is 5.55. The number of carbonyl (C=O) groups excluding carboxylic acids is 1. The number of pyridine rings is 1. The molecule has 162 valence electrons. The minimum Gasteiger partial charge on any atom is -0.326 e. The Morgan fingerprint density at radius 3 is 2.72 bits per heavy atom. The normalized spacial score (nSPS) is 10.8. The lowest BCUT2D eigenvalue weighted by Crippen LogP contribution is -2.14. The maximum Gasteiger partial charge on any atom is 0.231 e. The Labute approximate surface area is 194 Å². The van der Waals surface area contributed by atoms with E-state index in [-0.39, 0.29) is 12.3 Å². The number of rotatable bonds is 9. The molecule has 7 nitrogen and oxygen atoms in total. The van der Waals surface area contributed by atoms with Gasteiger partial charge >= 0.3 is 0 Å². The third-order valence-electron chi connectivity index (χ3n) is 4.56. The highest BCUT2D eigenvalue weighted by Crippen LogP contribution is 2.27. The Kier molecular flexibility index (Phi) is 7.08. The summed E-state index contributed by atoms with van der Waals surface area (Å²) in [4.78, 5) is 21.0. The molecule has 4 aromatic rings. The van der Waals surface area contributed by atoms with Crippen molar-refractivity contribution in [3.8, 4) is 11.4 Å². The molecule has 0 saturated carbocycles. The number of aryl methyl sites for hydroxylation is 1. The first-order valence-electron chi connectivity index (χ1n) is 9.99. The van der Waals surface area contributed by atoms with Gasteiger partial charge in [-0.2, -0.15) is 0 Å². The molecule has 0 fully saturated rings. The molecule has 0 bridgehead atoms. The average molecular weight is 463 g/mol. The van der Waals surface area contributed by atoms with Crippen molar-refractivity contribution in [3.05, 3.63) is 83.1 Å². The molecule has 1 amide bonds. The molecule has 0 spiro atoms. The molecule has 0 radical (unpaired) electrons. The number of nitrogens with one attached hydrogen (secondary N) is 1. The van der Waals surface area contributed by atoms with E-state index < -0.39 is 0 Å². The summed E-state index contributed by atoms with van der Waals surface area (Å²) in [6, 6.07) is 11.6. The van der Waals surface area contributed by atoms with Crippen LogP contribution in [0.15, 0.2) is 72.0 Å². The standard InChI is InChI=1S/C23H22N6OS2/c1-3-12-29-22(17-8-10-24-11-9-17)27-28-23(29)32-15-19-14-31-21(26-19)13-20(30)25-18-6-4-16(2)5-7-18/h3-11,14H,1,12-13,15H2,2H3,(H,25,30). The first-order valence-corrected chi connectivity index (χ1v) is 11.9. The van der Waals surface area contributed by atoms with Crippen LogP contribution in [-0.2, 0) is 23.5 Å². The van der Waals surface area contributed by atoms with Crippen LogP contribution < -0.4 is 5.32 Å². The monoisotopic (exact) mass is 462 g/mol. The second-order valence-electron chi connectivity index (χ2n) is 7.05. The lowest BCUT2D eigenvalue weighted by molar-refractivity contribution is -0.115. The highest BCUT2D eigenvalue weighted by molar-refractivity contribution is 7.98. The largest absolute Gasteiger partial charge is 0.326 e. The van der Waals surface area contributed by atoms with Crippen molar-refractivity contribution in [3.63, 3.8) is 0 Å². The highest BCUT2D eigenvalue weighted by atomic mass is 32.2.